The third-order valence-electron chi connectivity index (χ3n) is 2.25. The van der Waals surface area contributed by atoms with Gasteiger partial charge in [-0.15, -0.1) is 0 Å². The Kier molecular flexibility index (Phi) is 3.68. The van der Waals surface area contributed by atoms with Crippen molar-refractivity contribution < 1.29 is 9.90 Å². The summed E-state index contributed by atoms with van der Waals surface area (Å²) in [6, 6.07) is 0. The van der Waals surface area contributed by atoms with E-state index in [0.717, 1.165) is 25.0 Å². The smallest absolute Gasteiger partial charge is 0.339 e. The Morgan fingerprint density at radius 2 is 2.21 bits per heavy atom. The largest absolute Gasteiger partial charge is 0.478 e. The second-order valence-corrected chi connectivity index (χ2v) is 3.29. The maximum Gasteiger partial charge on any atom is 0.339 e. The number of carbonyl (C=O) groups is 1. The number of aryl methyl sites for hydroxylation is 2. The van der Waals surface area contributed by atoms with E-state index < -0.39 is 5.97 Å². The van der Waals surface area contributed by atoms with E-state index in [9.17, 15) is 4.79 Å². The molecule has 0 aromatic carbocycles. The summed E-state index contributed by atoms with van der Waals surface area (Å²) >= 11 is 0. The van der Waals surface area contributed by atoms with Crippen LogP contribution < -0.4 is 0 Å². The van der Waals surface area contributed by atoms with Crippen LogP contribution in [0, 0.1) is 0 Å². The Morgan fingerprint density at radius 1 is 1.50 bits per heavy atom. The van der Waals surface area contributed by atoms with E-state index in [4.69, 9.17) is 5.11 Å². The van der Waals surface area contributed by atoms with Crippen molar-refractivity contribution in [2.24, 2.45) is 0 Å². The van der Waals surface area contributed by atoms with Gasteiger partial charge in [0.05, 0.1) is 11.4 Å². The van der Waals surface area contributed by atoms with E-state index in [0.29, 0.717) is 17.7 Å². The molecular formula is C10H16N2O2. The van der Waals surface area contributed by atoms with Crippen molar-refractivity contribution in [3.8, 4) is 0 Å². The Morgan fingerprint density at radius 3 is 2.71 bits per heavy atom. The summed E-state index contributed by atoms with van der Waals surface area (Å²) in [7, 11) is 0. The van der Waals surface area contributed by atoms with Gasteiger partial charge in [-0.05, 0) is 19.3 Å². The summed E-state index contributed by atoms with van der Waals surface area (Å²) in [6.45, 7) is 3.99. The molecule has 4 nitrogen and oxygen atoms in total. The highest BCUT2D eigenvalue weighted by atomic mass is 16.4. The first-order valence-electron chi connectivity index (χ1n) is 5.00. The number of aromatic carboxylic acids is 1. The molecule has 2 N–H and O–H groups in total. The predicted molar refractivity (Wildman–Crippen MR) is 53.5 cm³/mol. The van der Waals surface area contributed by atoms with Gasteiger partial charge in [-0.3, -0.25) is 5.10 Å². The van der Waals surface area contributed by atoms with E-state index in [1.165, 1.54) is 0 Å². The third-order valence-corrected chi connectivity index (χ3v) is 2.25. The van der Waals surface area contributed by atoms with Gasteiger partial charge >= 0.3 is 5.97 Å². The van der Waals surface area contributed by atoms with Gasteiger partial charge in [0.25, 0.3) is 0 Å². The molecule has 78 valence electrons. The van der Waals surface area contributed by atoms with Gasteiger partial charge < -0.3 is 5.11 Å². The van der Waals surface area contributed by atoms with Gasteiger partial charge in [0.2, 0.25) is 0 Å². The molecule has 0 atom stereocenters. The number of hydrogen-bond acceptors (Lipinski definition) is 2. The van der Waals surface area contributed by atoms with Gasteiger partial charge in [0.15, 0.2) is 0 Å². The Hall–Kier alpha value is -1.32. The van der Waals surface area contributed by atoms with Gasteiger partial charge in [0.1, 0.15) is 5.56 Å². The third kappa shape index (κ3) is 2.13. The molecule has 4 heteroatoms. The predicted octanol–water partition coefficient (Wildman–Crippen LogP) is 2.01. The van der Waals surface area contributed by atoms with Gasteiger partial charge in [-0.1, -0.05) is 20.3 Å². The van der Waals surface area contributed by atoms with Crippen LogP contribution in [0.1, 0.15) is 48.4 Å². The zero-order valence-electron chi connectivity index (χ0n) is 8.63. The van der Waals surface area contributed by atoms with Crippen LogP contribution in [-0.2, 0) is 12.8 Å². The molecule has 1 rings (SSSR count). The second-order valence-electron chi connectivity index (χ2n) is 3.29. The maximum absolute atomic E-state index is 11.0. The lowest BCUT2D eigenvalue weighted by Crippen LogP contribution is -2.03. The SMILES string of the molecule is CCCCc1[nH]nc(CC)c1C(=O)O. The minimum Gasteiger partial charge on any atom is -0.478 e. The fourth-order valence-corrected chi connectivity index (χ4v) is 1.46. The van der Waals surface area contributed by atoms with E-state index in [2.05, 4.69) is 17.1 Å². The molecule has 0 aliphatic rings. The highest BCUT2D eigenvalue weighted by Crippen LogP contribution is 2.14. The molecule has 1 heterocycles. The standard InChI is InChI=1S/C10H16N2O2/c1-3-5-6-8-9(10(13)14)7(4-2)11-12-8/h3-6H2,1-2H3,(H,11,12)(H,13,14). The minimum atomic E-state index is -0.873. The van der Waals surface area contributed by atoms with Crippen molar-refractivity contribution in [2.75, 3.05) is 0 Å². The minimum absolute atomic E-state index is 0.376. The molecule has 0 saturated heterocycles. The number of unbranched alkanes of at least 4 members (excludes halogenated alkanes) is 1. The number of H-pyrrole nitrogens is 1. The first kappa shape index (κ1) is 10.8. The first-order chi connectivity index (χ1) is 6.70. The highest BCUT2D eigenvalue weighted by Gasteiger charge is 2.17. The van der Waals surface area contributed by atoms with Crippen molar-refractivity contribution in [2.45, 2.75) is 39.5 Å². The molecular weight excluding hydrogens is 180 g/mol. The van der Waals surface area contributed by atoms with Gasteiger partial charge in [-0.2, -0.15) is 5.10 Å². The quantitative estimate of drug-likeness (QED) is 0.757. The lowest BCUT2D eigenvalue weighted by Gasteiger charge is -1.98. The average Bonchev–Trinajstić information content (AvgIpc) is 2.57. The summed E-state index contributed by atoms with van der Waals surface area (Å²) in [6.07, 6.45) is 3.47. The molecule has 0 aliphatic heterocycles. The fraction of sp³-hybridized carbons (Fsp3) is 0.600. The fourth-order valence-electron chi connectivity index (χ4n) is 1.46. The zero-order valence-corrected chi connectivity index (χ0v) is 8.63. The summed E-state index contributed by atoms with van der Waals surface area (Å²) in [5.41, 5.74) is 1.79. The molecule has 0 fully saturated rings. The average molecular weight is 196 g/mol. The molecule has 0 saturated carbocycles. The van der Waals surface area contributed by atoms with Crippen LogP contribution in [0.15, 0.2) is 0 Å². The number of rotatable bonds is 5. The molecule has 0 unspecified atom stereocenters. The summed E-state index contributed by atoms with van der Waals surface area (Å²) < 4.78 is 0. The topological polar surface area (TPSA) is 66.0 Å². The molecule has 0 aliphatic carbocycles. The normalized spacial score (nSPS) is 10.4. The molecule has 0 bridgehead atoms. The Balaban J connectivity index is 2.92. The maximum atomic E-state index is 11.0. The van der Waals surface area contributed by atoms with Gasteiger partial charge in [-0.25, -0.2) is 4.79 Å². The number of carboxylic acids is 1. The van der Waals surface area contributed by atoms with Crippen LogP contribution in [0.5, 0.6) is 0 Å². The zero-order chi connectivity index (χ0) is 10.6. The van der Waals surface area contributed by atoms with Crippen LogP contribution >= 0.6 is 0 Å². The summed E-state index contributed by atoms with van der Waals surface area (Å²) in [5, 5.41) is 15.8. The van der Waals surface area contributed by atoms with Crippen LogP contribution in [-0.4, -0.2) is 21.3 Å². The summed E-state index contributed by atoms with van der Waals surface area (Å²) in [5.74, 6) is -0.873. The van der Waals surface area contributed by atoms with Crippen molar-refractivity contribution in [1.82, 2.24) is 10.2 Å². The number of nitrogens with one attached hydrogen (secondary N) is 1. The number of hydrogen-bond donors (Lipinski definition) is 2. The van der Waals surface area contributed by atoms with E-state index in [-0.39, 0.29) is 0 Å². The number of carboxylic acid groups (broad SMARTS) is 1. The van der Waals surface area contributed by atoms with Crippen LogP contribution in [0.4, 0.5) is 0 Å². The molecule has 0 spiro atoms. The molecule has 0 radical (unpaired) electrons. The van der Waals surface area contributed by atoms with Gasteiger partial charge in [0, 0.05) is 0 Å². The van der Waals surface area contributed by atoms with Crippen molar-refractivity contribution in [3.05, 3.63) is 17.0 Å². The lowest BCUT2D eigenvalue weighted by atomic mass is 10.1. The lowest BCUT2D eigenvalue weighted by molar-refractivity contribution is 0.0694. The molecule has 1 aromatic rings. The Bertz CT molecular complexity index is 318. The molecule has 1 aromatic heterocycles. The molecule has 14 heavy (non-hydrogen) atoms. The van der Waals surface area contributed by atoms with E-state index >= 15 is 0 Å². The van der Waals surface area contributed by atoms with E-state index in [1.807, 2.05) is 6.92 Å². The van der Waals surface area contributed by atoms with E-state index in [1.54, 1.807) is 0 Å². The molecule has 0 amide bonds. The second kappa shape index (κ2) is 4.79. The van der Waals surface area contributed by atoms with Crippen LogP contribution in [0.3, 0.4) is 0 Å². The van der Waals surface area contributed by atoms with Crippen molar-refractivity contribution >= 4 is 5.97 Å². The Labute approximate surface area is 83.3 Å². The summed E-state index contributed by atoms with van der Waals surface area (Å²) in [4.78, 5) is 11.0. The number of nitrogens with zero attached hydrogens (tertiary/aromatic N) is 1. The monoisotopic (exact) mass is 196 g/mol. The first-order valence-corrected chi connectivity index (χ1v) is 5.00. The number of aromatic amines is 1. The van der Waals surface area contributed by atoms with Crippen LogP contribution in [0.2, 0.25) is 0 Å². The van der Waals surface area contributed by atoms with Crippen molar-refractivity contribution in [3.63, 3.8) is 0 Å². The van der Waals surface area contributed by atoms with Crippen molar-refractivity contribution in [1.29, 1.82) is 0 Å². The highest BCUT2D eigenvalue weighted by molar-refractivity contribution is 5.90. The number of aromatic nitrogens is 2. The van der Waals surface area contributed by atoms with Crippen LogP contribution in [0.25, 0.3) is 0 Å².